The molecule has 0 saturated carbocycles. The normalized spacial score (nSPS) is 11.3. The first kappa shape index (κ1) is 14.9. The third-order valence-corrected chi connectivity index (χ3v) is 3.42. The Bertz CT molecular complexity index is 435. The Labute approximate surface area is 115 Å². The molecular weight excluding hydrogens is 300 g/mol. The summed E-state index contributed by atoms with van der Waals surface area (Å²) in [7, 11) is 1.67. The highest BCUT2D eigenvalue weighted by molar-refractivity contribution is 9.10. The second-order valence-electron chi connectivity index (χ2n) is 4.56. The van der Waals surface area contributed by atoms with E-state index in [1.807, 2.05) is 13.8 Å². The van der Waals surface area contributed by atoms with Gasteiger partial charge < -0.3 is 10.1 Å². The van der Waals surface area contributed by atoms with Crippen LogP contribution in [0.2, 0.25) is 0 Å². The summed E-state index contributed by atoms with van der Waals surface area (Å²) in [5.41, 5.74) is 0.594. The second-order valence-corrected chi connectivity index (χ2v) is 5.42. The van der Waals surface area contributed by atoms with Crippen LogP contribution in [-0.2, 0) is 4.74 Å². The van der Waals surface area contributed by atoms with Crippen LogP contribution in [0.4, 0.5) is 11.4 Å². The topological polar surface area (TPSA) is 64.4 Å². The molecule has 18 heavy (non-hydrogen) atoms. The highest BCUT2D eigenvalue weighted by atomic mass is 79.9. The van der Waals surface area contributed by atoms with E-state index >= 15 is 0 Å². The van der Waals surface area contributed by atoms with Gasteiger partial charge in [-0.1, -0.05) is 0 Å². The number of hydrogen-bond donors (Lipinski definition) is 1. The quantitative estimate of drug-likeness (QED) is 0.643. The zero-order chi connectivity index (χ0) is 13.8. The number of hydrogen-bond acceptors (Lipinski definition) is 4. The fourth-order valence-corrected chi connectivity index (χ4v) is 1.76. The Balaban J connectivity index is 2.64. The van der Waals surface area contributed by atoms with E-state index in [4.69, 9.17) is 4.74 Å². The number of ether oxygens (including phenoxy) is 1. The molecule has 0 heterocycles. The van der Waals surface area contributed by atoms with Crippen molar-refractivity contribution < 1.29 is 9.66 Å². The zero-order valence-electron chi connectivity index (χ0n) is 10.7. The van der Waals surface area contributed by atoms with E-state index in [1.165, 1.54) is 6.07 Å². The summed E-state index contributed by atoms with van der Waals surface area (Å²) in [5.74, 6) is 0. The van der Waals surface area contributed by atoms with Crippen molar-refractivity contribution in [2.45, 2.75) is 25.9 Å². The average Bonchev–Trinajstić information content (AvgIpc) is 2.31. The fourth-order valence-electron chi connectivity index (χ4n) is 1.37. The number of nitrogens with zero attached hydrogens (tertiary/aromatic N) is 1. The molecule has 6 heteroatoms. The summed E-state index contributed by atoms with van der Waals surface area (Å²) in [5, 5.41) is 13.9. The number of anilines is 1. The Kier molecular flexibility index (Phi) is 5.10. The standard InChI is InChI=1S/C12H17BrN2O3/c1-12(2,18-3)6-7-14-9-4-5-10(13)11(8-9)15(16)17/h4-5,8,14H,6-7H2,1-3H3. The Morgan fingerprint density at radius 3 is 2.72 bits per heavy atom. The molecule has 1 aromatic carbocycles. The van der Waals surface area contributed by atoms with Gasteiger partial charge in [0.25, 0.3) is 5.69 Å². The van der Waals surface area contributed by atoms with Gasteiger partial charge in [0.1, 0.15) is 0 Å². The van der Waals surface area contributed by atoms with Crippen molar-refractivity contribution in [2.24, 2.45) is 0 Å². The van der Waals surface area contributed by atoms with Crippen LogP contribution in [0.15, 0.2) is 22.7 Å². The van der Waals surface area contributed by atoms with Gasteiger partial charge in [0, 0.05) is 25.4 Å². The SMILES string of the molecule is COC(C)(C)CCNc1ccc(Br)c([N+](=O)[O-])c1. The molecule has 0 aliphatic heterocycles. The van der Waals surface area contributed by atoms with Gasteiger partial charge in [-0.3, -0.25) is 10.1 Å². The van der Waals surface area contributed by atoms with Gasteiger partial charge in [0.2, 0.25) is 0 Å². The summed E-state index contributed by atoms with van der Waals surface area (Å²) in [6, 6.07) is 4.99. The zero-order valence-corrected chi connectivity index (χ0v) is 12.3. The van der Waals surface area contributed by atoms with Crippen LogP contribution in [0.3, 0.4) is 0 Å². The Morgan fingerprint density at radius 1 is 1.50 bits per heavy atom. The maximum atomic E-state index is 10.8. The predicted octanol–water partition coefficient (Wildman–Crippen LogP) is 3.58. The van der Waals surface area contributed by atoms with E-state index in [2.05, 4.69) is 21.2 Å². The Hall–Kier alpha value is -1.14. The van der Waals surface area contributed by atoms with Crippen molar-refractivity contribution in [3.8, 4) is 0 Å². The number of rotatable bonds is 6. The van der Waals surface area contributed by atoms with Gasteiger partial charge in [-0.05, 0) is 48.3 Å². The highest BCUT2D eigenvalue weighted by Crippen LogP contribution is 2.27. The van der Waals surface area contributed by atoms with E-state index in [-0.39, 0.29) is 11.3 Å². The third-order valence-electron chi connectivity index (χ3n) is 2.75. The minimum Gasteiger partial charge on any atom is -0.385 e. The van der Waals surface area contributed by atoms with E-state index in [1.54, 1.807) is 19.2 Å². The molecule has 5 nitrogen and oxygen atoms in total. The van der Waals surface area contributed by atoms with Crippen molar-refractivity contribution in [1.29, 1.82) is 0 Å². The van der Waals surface area contributed by atoms with Crippen LogP contribution >= 0.6 is 15.9 Å². The first-order chi connectivity index (χ1) is 8.35. The maximum Gasteiger partial charge on any atom is 0.285 e. The lowest BCUT2D eigenvalue weighted by Gasteiger charge is -2.23. The molecule has 0 unspecified atom stereocenters. The van der Waals surface area contributed by atoms with Crippen LogP contribution < -0.4 is 5.32 Å². The van der Waals surface area contributed by atoms with E-state index in [0.717, 1.165) is 12.1 Å². The highest BCUT2D eigenvalue weighted by Gasteiger charge is 2.16. The molecule has 0 spiro atoms. The molecule has 0 aliphatic rings. The van der Waals surface area contributed by atoms with Crippen molar-refractivity contribution in [1.82, 2.24) is 0 Å². The summed E-state index contributed by atoms with van der Waals surface area (Å²) in [6.45, 7) is 4.69. The average molecular weight is 317 g/mol. The van der Waals surface area contributed by atoms with Crippen molar-refractivity contribution in [3.63, 3.8) is 0 Å². The first-order valence-corrected chi connectivity index (χ1v) is 6.38. The first-order valence-electron chi connectivity index (χ1n) is 5.59. The van der Waals surface area contributed by atoms with E-state index in [9.17, 15) is 10.1 Å². The number of halogens is 1. The number of benzene rings is 1. The van der Waals surface area contributed by atoms with Crippen LogP contribution in [-0.4, -0.2) is 24.2 Å². The second kappa shape index (κ2) is 6.15. The summed E-state index contributed by atoms with van der Waals surface area (Å²) in [6.07, 6.45) is 0.813. The van der Waals surface area contributed by atoms with Gasteiger partial charge in [-0.25, -0.2) is 0 Å². The lowest BCUT2D eigenvalue weighted by atomic mass is 10.1. The molecule has 0 bridgehead atoms. The lowest BCUT2D eigenvalue weighted by molar-refractivity contribution is -0.385. The minimum atomic E-state index is -0.408. The molecule has 0 aliphatic carbocycles. The van der Waals surface area contributed by atoms with Gasteiger partial charge >= 0.3 is 0 Å². The lowest BCUT2D eigenvalue weighted by Crippen LogP contribution is -2.25. The third kappa shape index (κ3) is 4.27. The molecule has 0 saturated heterocycles. The molecule has 0 fully saturated rings. The van der Waals surface area contributed by atoms with Gasteiger partial charge in [0.15, 0.2) is 0 Å². The molecule has 0 radical (unpaired) electrons. The molecule has 100 valence electrons. The molecule has 0 amide bonds. The smallest absolute Gasteiger partial charge is 0.285 e. The van der Waals surface area contributed by atoms with Crippen LogP contribution in [0.1, 0.15) is 20.3 Å². The van der Waals surface area contributed by atoms with Gasteiger partial charge in [-0.15, -0.1) is 0 Å². The minimum absolute atomic E-state index is 0.0611. The summed E-state index contributed by atoms with van der Waals surface area (Å²) >= 11 is 3.15. The van der Waals surface area contributed by atoms with E-state index < -0.39 is 4.92 Å². The van der Waals surface area contributed by atoms with E-state index in [0.29, 0.717) is 11.0 Å². The Morgan fingerprint density at radius 2 is 2.17 bits per heavy atom. The molecule has 0 aromatic heterocycles. The summed E-state index contributed by atoms with van der Waals surface area (Å²) in [4.78, 5) is 10.4. The van der Waals surface area contributed by atoms with Gasteiger partial charge in [0.05, 0.1) is 15.0 Å². The van der Waals surface area contributed by atoms with Crippen LogP contribution in [0.5, 0.6) is 0 Å². The molecule has 1 rings (SSSR count). The summed E-state index contributed by atoms with van der Waals surface area (Å²) < 4.78 is 5.78. The predicted molar refractivity (Wildman–Crippen MR) is 75.0 cm³/mol. The fraction of sp³-hybridized carbons (Fsp3) is 0.500. The van der Waals surface area contributed by atoms with Crippen molar-refractivity contribution in [3.05, 3.63) is 32.8 Å². The van der Waals surface area contributed by atoms with Crippen molar-refractivity contribution >= 4 is 27.3 Å². The monoisotopic (exact) mass is 316 g/mol. The number of nitro benzene ring substituents is 1. The molecular formula is C12H17BrN2O3. The number of nitrogens with one attached hydrogen (secondary N) is 1. The molecule has 0 atom stereocenters. The maximum absolute atomic E-state index is 10.8. The number of nitro groups is 1. The van der Waals surface area contributed by atoms with Crippen LogP contribution in [0.25, 0.3) is 0 Å². The van der Waals surface area contributed by atoms with Crippen LogP contribution in [0, 0.1) is 10.1 Å². The molecule has 1 aromatic rings. The number of methoxy groups -OCH3 is 1. The van der Waals surface area contributed by atoms with Gasteiger partial charge in [-0.2, -0.15) is 0 Å². The molecule has 1 N–H and O–H groups in total. The largest absolute Gasteiger partial charge is 0.385 e. The van der Waals surface area contributed by atoms with Crippen molar-refractivity contribution in [2.75, 3.05) is 19.0 Å².